The van der Waals surface area contributed by atoms with Crippen LogP contribution in [0.2, 0.25) is 0 Å². The van der Waals surface area contributed by atoms with E-state index in [0.29, 0.717) is 0 Å². The van der Waals surface area contributed by atoms with Crippen molar-refractivity contribution >= 4 is 11.3 Å². The number of allylic oxidation sites excluding steroid dienone is 1. The molecule has 2 N–H and O–H groups in total. The third kappa shape index (κ3) is 2.61. The summed E-state index contributed by atoms with van der Waals surface area (Å²) in [6.07, 6.45) is 3.74. The summed E-state index contributed by atoms with van der Waals surface area (Å²) in [5.41, 5.74) is 7.21. The molecule has 2 rings (SSSR count). The highest BCUT2D eigenvalue weighted by molar-refractivity contribution is 7.12. The maximum Gasteiger partial charge on any atom is 0.0573 e. The standard InChI is InChI=1S/C16H17NS/c1-3-13(12-8-6-5-7-9-12)15-10-11-16(18-15)14(17)4-2/h3-11,13-14H,1-2,17H2. The Morgan fingerprint density at radius 2 is 1.61 bits per heavy atom. The van der Waals surface area contributed by atoms with Gasteiger partial charge >= 0.3 is 0 Å². The van der Waals surface area contributed by atoms with Gasteiger partial charge in [0.05, 0.1) is 6.04 Å². The molecule has 0 fully saturated rings. The van der Waals surface area contributed by atoms with E-state index in [9.17, 15) is 0 Å². The average molecular weight is 255 g/mol. The minimum atomic E-state index is -0.0787. The minimum absolute atomic E-state index is 0.0787. The Morgan fingerprint density at radius 3 is 2.22 bits per heavy atom. The van der Waals surface area contributed by atoms with E-state index in [1.807, 2.05) is 12.1 Å². The predicted octanol–water partition coefficient (Wildman–Crippen LogP) is 4.25. The topological polar surface area (TPSA) is 26.0 Å². The van der Waals surface area contributed by atoms with Crippen LogP contribution in [0.25, 0.3) is 0 Å². The molecule has 0 aliphatic rings. The minimum Gasteiger partial charge on any atom is -0.320 e. The Hall–Kier alpha value is -1.64. The van der Waals surface area contributed by atoms with Crippen LogP contribution in [0.15, 0.2) is 67.8 Å². The van der Waals surface area contributed by atoms with E-state index < -0.39 is 0 Å². The van der Waals surface area contributed by atoms with Gasteiger partial charge in [-0.2, -0.15) is 0 Å². The molecule has 2 unspecified atom stereocenters. The Balaban J connectivity index is 2.31. The predicted molar refractivity (Wildman–Crippen MR) is 79.9 cm³/mol. The zero-order valence-electron chi connectivity index (χ0n) is 10.3. The zero-order valence-corrected chi connectivity index (χ0v) is 11.1. The quantitative estimate of drug-likeness (QED) is 0.794. The van der Waals surface area contributed by atoms with Crippen molar-refractivity contribution in [1.29, 1.82) is 0 Å². The van der Waals surface area contributed by atoms with Crippen molar-refractivity contribution in [3.63, 3.8) is 0 Å². The van der Waals surface area contributed by atoms with Gasteiger partial charge in [-0.3, -0.25) is 0 Å². The summed E-state index contributed by atoms with van der Waals surface area (Å²) in [7, 11) is 0. The second-order valence-corrected chi connectivity index (χ2v) is 5.27. The third-order valence-electron chi connectivity index (χ3n) is 2.93. The summed E-state index contributed by atoms with van der Waals surface area (Å²) in [6, 6.07) is 14.5. The fourth-order valence-corrected chi connectivity index (χ4v) is 3.04. The maximum atomic E-state index is 5.95. The zero-order chi connectivity index (χ0) is 13.0. The van der Waals surface area contributed by atoms with Gasteiger partial charge in [-0.05, 0) is 17.7 Å². The van der Waals surface area contributed by atoms with Gasteiger partial charge in [-0.25, -0.2) is 0 Å². The van der Waals surface area contributed by atoms with Crippen LogP contribution in [-0.4, -0.2) is 0 Å². The van der Waals surface area contributed by atoms with Crippen molar-refractivity contribution in [2.24, 2.45) is 5.73 Å². The van der Waals surface area contributed by atoms with Gasteiger partial charge in [-0.15, -0.1) is 24.5 Å². The van der Waals surface area contributed by atoms with E-state index in [0.717, 1.165) is 4.88 Å². The molecule has 1 aromatic carbocycles. The van der Waals surface area contributed by atoms with Crippen LogP contribution in [0.1, 0.15) is 27.3 Å². The van der Waals surface area contributed by atoms with Gasteiger partial charge in [0.15, 0.2) is 0 Å². The van der Waals surface area contributed by atoms with Crippen molar-refractivity contribution in [3.05, 3.63) is 83.1 Å². The first-order valence-corrected chi connectivity index (χ1v) is 6.73. The van der Waals surface area contributed by atoms with Crippen LogP contribution in [0.4, 0.5) is 0 Å². The van der Waals surface area contributed by atoms with Gasteiger partial charge in [0.25, 0.3) is 0 Å². The molecule has 0 amide bonds. The van der Waals surface area contributed by atoms with E-state index in [-0.39, 0.29) is 12.0 Å². The second kappa shape index (κ2) is 5.80. The Morgan fingerprint density at radius 1 is 0.944 bits per heavy atom. The molecule has 1 nitrogen and oxygen atoms in total. The third-order valence-corrected chi connectivity index (χ3v) is 4.20. The summed E-state index contributed by atoms with van der Waals surface area (Å²) in [6.45, 7) is 7.67. The summed E-state index contributed by atoms with van der Waals surface area (Å²) < 4.78 is 0. The highest BCUT2D eigenvalue weighted by atomic mass is 32.1. The fraction of sp³-hybridized carbons (Fsp3) is 0.125. The fourth-order valence-electron chi connectivity index (χ4n) is 1.91. The summed E-state index contributed by atoms with van der Waals surface area (Å²) in [5, 5.41) is 0. The second-order valence-electron chi connectivity index (χ2n) is 4.13. The molecule has 0 radical (unpaired) electrons. The van der Waals surface area contributed by atoms with Crippen molar-refractivity contribution < 1.29 is 0 Å². The highest BCUT2D eigenvalue weighted by Gasteiger charge is 2.14. The first-order chi connectivity index (χ1) is 8.76. The van der Waals surface area contributed by atoms with Gasteiger partial charge in [0.2, 0.25) is 0 Å². The van der Waals surface area contributed by atoms with E-state index >= 15 is 0 Å². The van der Waals surface area contributed by atoms with Gasteiger partial charge in [-0.1, -0.05) is 42.5 Å². The average Bonchev–Trinajstić information content (AvgIpc) is 2.89. The molecule has 0 saturated heterocycles. The highest BCUT2D eigenvalue weighted by Crippen LogP contribution is 2.33. The molecule has 0 aliphatic carbocycles. The molecule has 1 aromatic heterocycles. The van der Waals surface area contributed by atoms with E-state index in [4.69, 9.17) is 5.73 Å². The van der Waals surface area contributed by atoms with Crippen molar-refractivity contribution in [2.45, 2.75) is 12.0 Å². The van der Waals surface area contributed by atoms with Crippen LogP contribution in [-0.2, 0) is 0 Å². The van der Waals surface area contributed by atoms with Gasteiger partial charge in [0, 0.05) is 15.7 Å². The largest absolute Gasteiger partial charge is 0.320 e. The number of thiophene rings is 1. The molecule has 0 bridgehead atoms. The summed E-state index contributed by atoms with van der Waals surface area (Å²) in [5.74, 6) is 0.238. The molecule has 2 atom stereocenters. The van der Waals surface area contributed by atoms with Crippen LogP contribution >= 0.6 is 11.3 Å². The van der Waals surface area contributed by atoms with Crippen LogP contribution in [0.5, 0.6) is 0 Å². The van der Waals surface area contributed by atoms with Crippen LogP contribution in [0, 0.1) is 0 Å². The number of hydrogen-bond donors (Lipinski definition) is 1. The first-order valence-electron chi connectivity index (χ1n) is 5.91. The maximum absolute atomic E-state index is 5.95. The Bertz CT molecular complexity index is 527. The molecule has 92 valence electrons. The lowest BCUT2D eigenvalue weighted by Crippen LogP contribution is -2.03. The summed E-state index contributed by atoms with van der Waals surface area (Å²) in [4.78, 5) is 2.41. The molecular formula is C16H17NS. The van der Waals surface area contributed by atoms with Gasteiger partial charge < -0.3 is 5.73 Å². The Labute approximate surface area is 112 Å². The van der Waals surface area contributed by atoms with Gasteiger partial charge in [0.1, 0.15) is 0 Å². The lowest BCUT2D eigenvalue weighted by Gasteiger charge is -2.10. The molecule has 0 saturated carbocycles. The van der Waals surface area contributed by atoms with Crippen molar-refractivity contribution in [1.82, 2.24) is 0 Å². The first kappa shape index (κ1) is 12.8. The molecule has 2 heteroatoms. The molecule has 2 aromatic rings. The molecule has 0 spiro atoms. The number of nitrogens with two attached hydrogens (primary N) is 1. The van der Waals surface area contributed by atoms with Crippen molar-refractivity contribution in [2.75, 3.05) is 0 Å². The summed E-state index contributed by atoms with van der Waals surface area (Å²) >= 11 is 1.73. The Kier molecular flexibility index (Phi) is 4.13. The van der Waals surface area contributed by atoms with E-state index in [1.165, 1.54) is 10.4 Å². The lowest BCUT2D eigenvalue weighted by atomic mass is 9.98. The van der Waals surface area contributed by atoms with E-state index in [2.05, 4.69) is 49.6 Å². The number of benzene rings is 1. The normalized spacial score (nSPS) is 13.8. The molecule has 0 aliphatic heterocycles. The SMILES string of the molecule is C=CC(N)c1ccc(C(C=C)c2ccccc2)s1. The van der Waals surface area contributed by atoms with E-state index in [1.54, 1.807) is 17.4 Å². The monoisotopic (exact) mass is 255 g/mol. The molecular weight excluding hydrogens is 238 g/mol. The van der Waals surface area contributed by atoms with Crippen LogP contribution < -0.4 is 5.73 Å². The smallest absolute Gasteiger partial charge is 0.0573 e. The van der Waals surface area contributed by atoms with Crippen LogP contribution in [0.3, 0.4) is 0 Å². The lowest BCUT2D eigenvalue weighted by molar-refractivity contribution is 0.940. The molecule has 1 heterocycles. The van der Waals surface area contributed by atoms with Crippen molar-refractivity contribution in [3.8, 4) is 0 Å². The number of hydrogen-bond acceptors (Lipinski definition) is 2. The molecule has 18 heavy (non-hydrogen) atoms. The number of rotatable bonds is 5.